The van der Waals surface area contributed by atoms with Crippen molar-refractivity contribution in [3.8, 4) is 0 Å². The lowest BCUT2D eigenvalue weighted by Crippen LogP contribution is -2.60. The molecule has 1 rings (SSSR count). The van der Waals surface area contributed by atoms with Gasteiger partial charge in [0.05, 0.1) is 0 Å². The summed E-state index contributed by atoms with van der Waals surface area (Å²) in [5.41, 5.74) is 6.33. The third-order valence-corrected chi connectivity index (χ3v) is 3.90. The van der Waals surface area contributed by atoms with Crippen molar-refractivity contribution in [1.29, 1.82) is 0 Å². The standard InChI is InChI=1S/C13H28N2/c1-4-5-6-10-15(12(2)3)13(11-14)8-7-9-13/h12H,4-11,14H2,1-3H3. The van der Waals surface area contributed by atoms with E-state index in [2.05, 4.69) is 25.7 Å². The molecule has 15 heavy (non-hydrogen) atoms. The summed E-state index contributed by atoms with van der Waals surface area (Å²) >= 11 is 0. The Bertz CT molecular complexity index is 168. The highest BCUT2D eigenvalue weighted by Crippen LogP contribution is 2.38. The molecule has 2 heteroatoms. The Labute approximate surface area is 95.2 Å². The molecule has 0 aliphatic heterocycles. The van der Waals surface area contributed by atoms with Crippen LogP contribution in [0.1, 0.15) is 59.3 Å². The van der Waals surface area contributed by atoms with Crippen molar-refractivity contribution in [3.63, 3.8) is 0 Å². The van der Waals surface area contributed by atoms with Crippen LogP contribution < -0.4 is 5.73 Å². The fourth-order valence-electron chi connectivity index (χ4n) is 2.77. The monoisotopic (exact) mass is 212 g/mol. The maximum Gasteiger partial charge on any atom is 0.0334 e. The highest BCUT2D eigenvalue weighted by molar-refractivity contribution is 4.99. The lowest BCUT2D eigenvalue weighted by Gasteiger charge is -2.52. The minimum atomic E-state index is 0.363. The number of rotatable bonds is 7. The van der Waals surface area contributed by atoms with Crippen LogP contribution in [0.2, 0.25) is 0 Å². The van der Waals surface area contributed by atoms with Crippen molar-refractivity contribution in [2.24, 2.45) is 5.73 Å². The summed E-state index contributed by atoms with van der Waals surface area (Å²) < 4.78 is 0. The normalized spacial score (nSPS) is 19.6. The summed E-state index contributed by atoms with van der Waals surface area (Å²) in [7, 11) is 0. The molecule has 1 saturated carbocycles. The third-order valence-electron chi connectivity index (χ3n) is 3.90. The minimum Gasteiger partial charge on any atom is -0.329 e. The zero-order valence-corrected chi connectivity index (χ0v) is 10.8. The zero-order valence-electron chi connectivity index (χ0n) is 10.8. The van der Waals surface area contributed by atoms with Gasteiger partial charge in [0.25, 0.3) is 0 Å². The van der Waals surface area contributed by atoms with Crippen LogP contribution in [0.15, 0.2) is 0 Å². The number of nitrogens with zero attached hydrogens (tertiary/aromatic N) is 1. The van der Waals surface area contributed by atoms with Gasteiger partial charge in [0, 0.05) is 18.1 Å². The molecule has 0 bridgehead atoms. The lowest BCUT2D eigenvalue weighted by molar-refractivity contribution is -0.00193. The van der Waals surface area contributed by atoms with E-state index in [0.717, 1.165) is 6.54 Å². The second-order valence-corrected chi connectivity index (χ2v) is 5.28. The Morgan fingerprint density at radius 3 is 2.27 bits per heavy atom. The van der Waals surface area contributed by atoms with Gasteiger partial charge in [-0.1, -0.05) is 19.8 Å². The van der Waals surface area contributed by atoms with Crippen LogP contribution in [0.3, 0.4) is 0 Å². The largest absolute Gasteiger partial charge is 0.329 e. The van der Waals surface area contributed by atoms with Crippen molar-refractivity contribution in [3.05, 3.63) is 0 Å². The average Bonchev–Trinajstić information content (AvgIpc) is 2.14. The SMILES string of the molecule is CCCCCN(C(C)C)C1(CN)CCC1. The molecule has 0 radical (unpaired) electrons. The molecule has 0 aromatic carbocycles. The first-order chi connectivity index (χ1) is 7.16. The minimum absolute atomic E-state index is 0.363. The molecule has 0 aromatic rings. The Hall–Kier alpha value is -0.0800. The number of nitrogens with two attached hydrogens (primary N) is 1. The molecule has 0 amide bonds. The second-order valence-electron chi connectivity index (χ2n) is 5.28. The molecular weight excluding hydrogens is 184 g/mol. The first kappa shape index (κ1) is 13.0. The van der Waals surface area contributed by atoms with Crippen LogP contribution in [-0.2, 0) is 0 Å². The fourth-order valence-corrected chi connectivity index (χ4v) is 2.77. The number of hydrogen-bond donors (Lipinski definition) is 1. The average molecular weight is 212 g/mol. The Balaban J connectivity index is 2.48. The van der Waals surface area contributed by atoms with Crippen LogP contribution in [0.4, 0.5) is 0 Å². The summed E-state index contributed by atoms with van der Waals surface area (Å²) in [6.45, 7) is 8.96. The smallest absolute Gasteiger partial charge is 0.0334 e. The molecular formula is C13H28N2. The number of hydrogen-bond acceptors (Lipinski definition) is 2. The van der Waals surface area contributed by atoms with Crippen LogP contribution in [0.5, 0.6) is 0 Å². The van der Waals surface area contributed by atoms with E-state index in [9.17, 15) is 0 Å². The predicted octanol–water partition coefficient (Wildman–Crippen LogP) is 2.77. The Morgan fingerprint density at radius 2 is 1.93 bits per heavy atom. The van der Waals surface area contributed by atoms with E-state index in [1.54, 1.807) is 0 Å². The van der Waals surface area contributed by atoms with Gasteiger partial charge in [-0.25, -0.2) is 0 Å². The van der Waals surface area contributed by atoms with E-state index in [4.69, 9.17) is 5.73 Å². The summed E-state index contributed by atoms with van der Waals surface area (Å²) in [6.07, 6.45) is 7.98. The zero-order chi connectivity index (χ0) is 11.3. The van der Waals surface area contributed by atoms with Gasteiger partial charge >= 0.3 is 0 Å². The van der Waals surface area contributed by atoms with Crippen molar-refractivity contribution < 1.29 is 0 Å². The second kappa shape index (κ2) is 5.86. The molecule has 1 aliphatic rings. The predicted molar refractivity (Wildman–Crippen MR) is 67.0 cm³/mol. The van der Waals surface area contributed by atoms with E-state index in [1.165, 1.54) is 45.1 Å². The van der Waals surface area contributed by atoms with Crippen LogP contribution in [0, 0.1) is 0 Å². The Morgan fingerprint density at radius 1 is 1.27 bits per heavy atom. The van der Waals surface area contributed by atoms with Gasteiger partial charge in [0.15, 0.2) is 0 Å². The van der Waals surface area contributed by atoms with Gasteiger partial charge in [-0.05, 0) is 46.1 Å². The van der Waals surface area contributed by atoms with Crippen LogP contribution >= 0.6 is 0 Å². The molecule has 0 atom stereocenters. The summed E-state index contributed by atoms with van der Waals surface area (Å²) in [4.78, 5) is 2.66. The van der Waals surface area contributed by atoms with Gasteiger partial charge in [0.2, 0.25) is 0 Å². The van der Waals surface area contributed by atoms with Gasteiger partial charge in [0.1, 0.15) is 0 Å². The van der Waals surface area contributed by atoms with Gasteiger partial charge in [-0.15, -0.1) is 0 Å². The van der Waals surface area contributed by atoms with Crippen LogP contribution in [-0.4, -0.2) is 29.6 Å². The molecule has 0 saturated heterocycles. The quantitative estimate of drug-likeness (QED) is 0.658. The van der Waals surface area contributed by atoms with E-state index >= 15 is 0 Å². The fraction of sp³-hybridized carbons (Fsp3) is 1.00. The Kier molecular flexibility index (Phi) is 5.07. The topological polar surface area (TPSA) is 29.3 Å². The van der Waals surface area contributed by atoms with Crippen molar-refractivity contribution in [2.75, 3.05) is 13.1 Å². The highest BCUT2D eigenvalue weighted by atomic mass is 15.2. The van der Waals surface area contributed by atoms with Crippen molar-refractivity contribution in [2.45, 2.75) is 70.9 Å². The van der Waals surface area contributed by atoms with Gasteiger partial charge in [-0.2, -0.15) is 0 Å². The van der Waals surface area contributed by atoms with E-state index in [1.807, 2.05) is 0 Å². The summed E-state index contributed by atoms with van der Waals surface area (Å²) in [6, 6.07) is 0.644. The molecule has 2 N–H and O–H groups in total. The maximum absolute atomic E-state index is 5.97. The molecule has 1 fully saturated rings. The molecule has 0 spiro atoms. The summed E-state index contributed by atoms with van der Waals surface area (Å²) in [5.74, 6) is 0. The van der Waals surface area contributed by atoms with Gasteiger partial charge in [-0.3, -0.25) is 4.90 Å². The summed E-state index contributed by atoms with van der Waals surface area (Å²) in [5, 5.41) is 0. The van der Waals surface area contributed by atoms with E-state index < -0.39 is 0 Å². The van der Waals surface area contributed by atoms with Gasteiger partial charge < -0.3 is 5.73 Å². The first-order valence-corrected chi connectivity index (χ1v) is 6.63. The van der Waals surface area contributed by atoms with E-state index in [0.29, 0.717) is 11.6 Å². The molecule has 2 nitrogen and oxygen atoms in total. The maximum atomic E-state index is 5.97. The number of unbranched alkanes of at least 4 members (excludes halogenated alkanes) is 2. The molecule has 0 heterocycles. The molecule has 0 unspecified atom stereocenters. The third kappa shape index (κ3) is 2.94. The van der Waals surface area contributed by atoms with Crippen LogP contribution in [0.25, 0.3) is 0 Å². The van der Waals surface area contributed by atoms with E-state index in [-0.39, 0.29) is 0 Å². The molecule has 90 valence electrons. The molecule has 1 aliphatic carbocycles. The van der Waals surface area contributed by atoms with Crippen molar-refractivity contribution >= 4 is 0 Å². The first-order valence-electron chi connectivity index (χ1n) is 6.63. The van der Waals surface area contributed by atoms with Crippen molar-refractivity contribution in [1.82, 2.24) is 4.90 Å². The molecule has 0 aromatic heterocycles. The lowest BCUT2D eigenvalue weighted by atomic mass is 9.74. The highest BCUT2D eigenvalue weighted by Gasteiger charge is 2.41.